The van der Waals surface area contributed by atoms with Gasteiger partial charge in [0.1, 0.15) is 12.1 Å². The lowest BCUT2D eigenvalue weighted by Crippen LogP contribution is -2.50. The molecule has 1 atom stereocenters. The van der Waals surface area contributed by atoms with Gasteiger partial charge in [-0.2, -0.15) is 10.4 Å². The lowest BCUT2D eigenvalue weighted by molar-refractivity contribution is -0.0754. The minimum atomic E-state index is -0.698. The van der Waals surface area contributed by atoms with Crippen molar-refractivity contribution < 1.29 is 5.11 Å². The average Bonchev–Trinajstić information content (AvgIpc) is 3.17. The Bertz CT molecular complexity index is 1290. The number of rotatable bonds is 4. The van der Waals surface area contributed by atoms with Crippen LogP contribution in [0.1, 0.15) is 52.5 Å². The predicted octanol–water partition coefficient (Wildman–Crippen LogP) is 3.75. The second-order valence-electron chi connectivity index (χ2n) is 11.2. The van der Waals surface area contributed by atoms with Crippen LogP contribution in [0.2, 0.25) is 0 Å². The SMILES string of the molecule is CC(C)(O)C12CC(C1)N(c1cc(-n3ncc4ccc(C5(C#N)CC5(C)C)cc43)ncn1)C2. The first-order chi connectivity index (χ1) is 15.1. The Balaban J connectivity index is 1.37. The van der Waals surface area contributed by atoms with Crippen LogP contribution in [-0.4, -0.2) is 43.0 Å². The van der Waals surface area contributed by atoms with Crippen molar-refractivity contribution in [3.05, 3.63) is 42.4 Å². The van der Waals surface area contributed by atoms with Crippen molar-refractivity contribution in [1.29, 1.82) is 5.26 Å². The summed E-state index contributed by atoms with van der Waals surface area (Å²) in [5.41, 5.74) is 0.781. The van der Waals surface area contributed by atoms with Crippen LogP contribution in [-0.2, 0) is 5.41 Å². The Morgan fingerprint density at radius 3 is 2.50 bits per heavy atom. The van der Waals surface area contributed by atoms with E-state index in [9.17, 15) is 10.4 Å². The maximum atomic E-state index is 10.7. The zero-order chi connectivity index (χ0) is 22.5. The number of hydrogen-bond acceptors (Lipinski definition) is 6. The van der Waals surface area contributed by atoms with Gasteiger partial charge in [-0.05, 0) is 50.2 Å². The van der Waals surface area contributed by atoms with Crippen molar-refractivity contribution >= 4 is 16.7 Å². The van der Waals surface area contributed by atoms with Gasteiger partial charge in [0.25, 0.3) is 0 Å². The Labute approximate surface area is 187 Å². The summed E-state index contributed by atoms with van der Waals surface area (Å²) in [5, 5.41) is 26.2. The number of aliphatic hydroxyl groups is 1. The van der Waals surface area contributed by atoms with Gasteiger partial charge in [0.15, 0.2) is 5.82 Å². The fourth-order valence-electron chi connectivity index (χ4n) is 6.05. The van der Waals surface area contributed by atoms with Gasteiger partial charge in [-0.3, -0.25) is 0 Å². The number of hydrogen-bond donors (Lipinski definition) is 1. The van der Waals surface area contributed by atoms with Gasteiger partial charge >= 0.3 is 0 Å². The Hall–Kier alpha value is -2.98. The van der Waals surface area contributed by atoms with Crippen LogP contribution < -0.4 is 4.90 Å². The molecule has 7 nitrogen and oxygen atoms in total. The van der Waals surface area contributed by atoms with E-state index >= 15 is 0 Å². The van der Waals surface area contributed by atoms with E-state index in [-0.39, 0.29) is 10.8 Å². The summed E-state index contributed by atoms with van der Waals surface area (Å²) in [6, 6.07) is 11.2. The summed E-state index contributed by atoms with van der Waals surface area (Å²) in [6.07, 6.45) is 6.29. The normalized spacial score (nSPS) is 30.2. The highest BCUT2D eigenvalue weighted by atomic mass is 16.3. The molecule has 7 rings (SSSR count). The van der Waals surface area contributed by atoms with E-state index < -0.39 is 11.0 Å². The van der Waals surface area contributed by atoms with Gasteiger partial charge in [0.05, 0.1) is 28.8 Å². The van der Waals surface area contributed by atoms with Gasteiger partial charge in [-0.15, -0.1) is 0 Å². The lowest BCUT2D eigenvalue weighted by Gasteiger charge is -2.45. The minimum absolute atomic E-state index is 0.0185. The molecule has 164 valence electrons. The summed E-state index contributed by atoms with van der Waals surface area (Å²) < 4.78 is 1.84. The third-order valence-corrected chi connectivity index (χ3v) is 8.61. The first-order valence-corrected chi connectivity index (χ1v) is 11.3. The molecule has 3 aromatic rings. The first-order valence-electron chi connectivity index (χ1n) is 11.3. The van der Waals surface area contributed by atoms with E-state index in [1.807, 2.05) is 36.9 Å². The van der Waals surface area contributed by atoms with E-state index in [1.165, 1.54) is 0 Å². The van der Waals surface area contributed by atoms with Crippen molar-refractivity contribution in [2.24, 2.45) is 10.8 Å². The molecular weight excluding hydrogens is 400 g/mol. The third kappa shape index (κ3) is 2.42. The molecule has 2 bridgehead atoms. The van der Waals surface area contributed by atoms with Gasteiger partial charge in [0, 0.05) is 29.5 Å². The quantitative estimate of drug-likeness (QED) is 0.681. The van der Waals surface area contributed by atoms with Crippen LogP contribution >= 0.6 is 0 Å². The summed E-state index contributed by atoms with van der Waals surface area (Å²) in [7, 11) is 0. The summed E-state index contributed by atoms with van der Waals surface area (Å²) in [6.45, 7) is 8.94. The highest BCUT2D eigenvalue weighted by Gasteiger charge is 2.63. The van der Waals surface area contributed by atoms with Crippen molar-refractivity contribution in [2.75, 3.05) is 11.4 Å². The maximum absolute atomic E-state index is 10.7. The molecule has 2 aromatic heterocycles. The molecule has 0 spiro atoms. The molecule has 1 aromatic carbocycles. The van der Waals surface area contributed by atoms with E-state index in [0.29, 0.717) is 11.9 Å². The van der Waals surface area contributed by atoms with Gasteiger partial charge in [-0.25, -0.2) is 14.6 Å². The molecule has 2 saturated carbocycles. The average molecular weight is 429 g/mol. The zero-order valence-corrected chi connectivity index (χ0v) is 19.0. The van der Waals surface area contributed by atoms with Gasteiger partial charge in [0.2, 0.25) is 0 Å². The van der Waals surface area contributed by atoms with Crippen LogP contribution in [0, 0.1) is 22.2 Å². The van der Waals surface area contributed by atoms with Crippen LogP contribution in [0.25, 0.3) is 16.7 Å². The monoisotopic (exact) mass is 428 g/mol. The molecule has 1 N–H and O–H groups in total. The van der Waals surface area contributed by atoms with Crippen LogP contribution in [0.3, 0.4) is 0 Å². The van der Waals surface area contributed by atoms with Crippen molar-refractivity contribution in [3.63, 3.8) is 0 Å². The molecule has 7 heteroatoms. The smallest absolute Gasteiger partial charge is 0.159 e. The molecule has 4 heterocycles. The molecule has 4 aliphatic rings. The number of fused-ring (bicyclic) bond motifs is 2. The number of nitrogens with zero attached hydrogens (tertiary/aromatic N) is 6. The molecule has 1 unspecified atom stereocenters. The topological polar surface area (TPSA) is 90.9 Å². The fourth-order valence-corrected chi connectivity index (χ4v) is 6.05. The Morgan fingerprint density at radius 1 is 1.16 bits per heavy atom. The van der Waals surface area contributed by atoms with E-state index in [0.717, 1.165) is 48.1 Å². The highest BCUT2D eigenvalue weighted by Crippen LogP contribution is 2.64. The molecule has 0 radical (unpaired) electrons. The largest absolute Gasteiger partial charge is 0.390 e. The molecular formula is C25H28N6O. The predicted molar refractivity (Wildman–Crippen MR) is 121 cm³/mol. The van der Waals surface area contributed by atoms with Crippen LogP contribution in [0.5, 0.6) is 0 Å². The minimum Gasteiger partial charge on any atom is -0.390 e. The number of benzene rings is 1. The van der Waals surface area contributed by atoms with E-state index in [4.69, 9.17) is 0 Å². The number of nitriles is 1. The van der Waals surface area contributed by atoms with Gasteiger partial charge in [-0.1, -0.05) is 26.0 Å². The van der Waals surface area contributed by atoms with Crippen molar-refractivity contribution in [1.82, 2.24) is 19.7 Å². The number of anilines is 1. The van der Waals surface area contributed by atoms with Crippen LogP contribution in [0.15, 0.2) is 36.8 Å². The second kappa shape index (κ2) is 5.87. The molecule has 4 fully saturated rings. The lowest BCUT2D eigenvalue weighted by atomic mass is 9.61. The number of aromatic nitrogens is 4. The standard InChI is InChI=1S/C25H28N6O/c1-22(2)12-25(22,13-26)17-6-5-16-11-29-31(19(16)7-17)21-8-20(27-15-28-21)30-14-24(23(3,4)32)9-18(30)10-24/h5-8,11,15,18,32H,9-10,12,14H2,1-4H3. The first kappa shape index (κ1) is 19.7. The van der Waals surface area contributed by atoms with Gasteiger partial charge < -0.3 is 10.0 Å². The van der Waals surface area contributed by atoms with Crippen molar-refractivity contribution in [3.8, 4) is 11.9 Å². The summed E-state index contributed by atoms with van der Waals surface area (Å²) in [4.78, 5) is 11.4. The third-order valence-electron chi connectivity index (χ3n) is 8.61. The van der Waals surface area contributed by atoms with E-state index in [1.54, 1.807) is 6.33 Å². The molecule has 2 saturated heterocycles. The van der Waals surface area contributed by atoms with E-state index in [2.05, 4.69) is 52.0 Å². The second-order valence-corrected chi connectivity index (χ2v) is 11.2. The maximum Gasteiger partial charge on any atom is 0.159 e. The highest BCUT2D eigenvalue weighted by molar-refractivity contribution is 5.81. The molecule has 0 amide bonds. The molecule has 2 aliphatic carbocycles. The zero-order valence-electron chi connectivity index (χ0n) is 19.0. The Kier molecular flexibility index (Phi) is 3.61. The van der Waals surface area contributed by atoms with Crippen molar-refractivity contribution in [2.45, 2.75) is 64.0 Å². The summed E-state index contributed by atoms with van der Waals surface area (Å²) in [5.74, 6) is 1.59. The summed E-state index contributed by atoms with van der Waals surface area (Å²) >= 11 is 0. The van der Waals surface area contributed by atoms with Crippen LogP contribution in [0.4, 0.5) is 5.82 Å². The molecule has 32 heavy (non-hydrogen) atoms. The Morgan fingerprint density at radius 2 is 1.88 bits per heavy atom. The fraction of sp³-hybridized carbons (Fsp3) is 0.520. The molecule has 2 aliphatic heterocycles.